The standard InChI is InChI=1S/C28H33N5O8/c1-3-39-23-13-18(22(35)15-34)12-19(25(23)41-16-24(36)40-4-2)14-31-27-21(6-5-11-30-27)28(37)32-20-9-7-17(8-10-20)26(29)33-38/h5-13,22,34-35,38H,3-4,14-16H2,1-2H3,(H2,29,33)(H,30,31)(H,32,37). The zero-order valence-corrected chi connectivity index (χ0v) is 22.7. The van der Waals surface area contributed by atoms with Crippen molar-refractivity contribution in [2.45, 2.75) is 26.5 Å². The quantitative estimate of drug-likeness (QED) is 0.0550. The first kappa shape index (κ1) is 30.7. The van der Waals surface area contributed by atoms with Crippen LogP contribution < -0.4 is 25.8 Å². The van der Waals surface area contributed by atoms with Crippen LogP contribution in [0, 0.1) is 0 Å². The summed E-state index contributed by atoms with van der Waals surface area (Å²) in [6.45, 7) is 3.06. The molecule has 7 N–H and O–H groups in total. The number of amidine groups is 1. The van der Waals surface area contributed by atoms with Crippen LogP contribution in [-0.2, 0) is 16.1 Å². The van der Waals surface area contributed by atoms with Gasteiger partial charge in [0.25, 0.3) is 5.91 Å². The summed E-state index contributed by atoms with van der Waals surface area (Å²) in [6, 6.07) is 12.7. The molecule has 13 nitrogen and oxygen atoms in total. The van der Waals surface area contributed by atoms with E-state index in [9.17, 15) is 19.8 Å². The maximum absolute atomic E-state index is 13.1. The van der Waals surface area contributed by atoms with Crippen molar-refractivity contribution in [3.05, 3.63) is 77.0 Å². The number of hydrogen-bond acceptors (Lipinski definition) is 11. The number of pyridine rings is 1. The Morgan fingerprint density at radius 2 is 1.85 bits per heavy atom. The highest BCUT2D eigenvalue weighted by Crippen LogP contribution is 2.36. The first-order chi connectivity index (χ1) is 19.8. The van der Waals surface area contributed by atoms with Gasteiger partial charge in [0.1, 0.15) is 11.9 Å². The van der Waals surface area contributed by atoms with E-state index in [0.29, 0.717) is 22.4 Å². The third-order valence-corrected chi connectivity index (χ3v) is 5.70. The highest BCUT2D eigenvalue weighted by molar-refractivity contribution is 6.07. The van der Waals surface area contributed by atoms with Crippen LogP contribution in [0.2, 0.25) is 0 Å². The van der Waals surface area contributed by atoms with E-state index < -0.39 is 24.6 Å². The molecule has 3 aromatic rings. The Morgan fingerprint density at radius 3 is 2.51 bits per heavy atom. The van der Waals surface area contributed by atoms with Gasteiger partial charge in [0, 0.05) is 29.6 Å². The molecule has 0 aliphatic heterocycles. The van der Waals surface area contributed by atoms with Gasteiger partial charge in [-0.15, -0.1) is 0 Å². The van der Waals surface area contributed by atoms with Crippen molar-refractivity contribution < 1.29 is 39.2 Å². The number of nitrogens with two attached hydrogens (primary N) is 1. The van der Waals surface area contributed by atoms with Gasteiger partial charge in [-0.25, -0.2) is 9.78 Å². The molecule has 1 heterocycles. The molecule has 218 valence electrons. The number of ether oxygens (including phenoxy) is 3. The minimum Gasteiger partial charge on any atom is -0.490 e. The van der Waals surface area contributed by atoms with E-state index in [1.165, 1.54) is 12.3 Å². The van der Waals surface area contributed by atoms with Crippen molar-refractivity contribution >= 4 is 29.2 Å². The average Bonchev–Trinajstić information content (AvgIpc) is 2.99. The van der Waals surface area contributed by atoms with Crippen molar-refractivity contribution in [2.75, 3.05) is 37.1 Å². The summed E-state index contributed by atoms with van der Waals surface area (Å²) in [6.07, 6.45) is 0.328. The first-order valence-electron chi connectivity index (χ1n) is 12.8. The van der Waals surface area contributed by atoms with E-state index in [0.717, 1.165) is 0 Å². The highest BCUT2D eigenvalue weighted by atomic mass is 16.6. The fourth-order valence-corrected chi connectivity index (χ4v) is 3.76. The number of aliphatic hydroxyl groups excluding tert-OH is 2. The number of nitrogens with one attached hydrogen (secondary N) is 2. The average molecular weight is 568 g/mol. The van der Waals surface area contributed by atoms with Gasteiger partial charge in [-0.3, -0.25) is 4.79 Å². The maximum atomic E-state index is 13.1. The van der Waals surface area contributed by atoms with Crippen LogP contribution in [0.25, 0.3) is 0 Å². The van der Waals surface area contributed by atoms with Crippen LogP contribution in [0.3, 0.4) is 0 Å². The number of rotatable bonds is 14. The third kappa shape index (κ3) is 8.30. The molecule has 0 radical (unpaired) electrons. The van der Waals surface area contributed by atoms with Crippen LogP contribution in [0.5, 0.6) is 11.5 Å². The predicted octanol–water partition coefficient (Wildman–Crippen LogP) is 2.41. The number of oxime groups is 1. The number of carbonyl (C=O) groups is 2. The Bertz CT molecular complexity index is 1360. The number of esters is 1. The summed E-state index contributed by atoms with van der Waals surface area (Å²) < 4.78 is 16.4. The van der Waals surface area contributed by atoms with Crippen LogP contribution >= 0.6 is 0 Å². The second kappa shape index (κ2) is 15.1. The summed E-state index contributed by atoms with van der Waals surface area (Å²) in [7, 11) is 0. The molecule has 41 heavy (non-hydrogen) atoms. The molecular formula is C28H33N5O8. The summed E-state index contributed by atoms with van der Waals surface area (Å²) in [4.78, 5) is 29.4. The minimum atomic E-state index is -1.19. The second-order valence-corrected chi connectivity index (χ2v) is 8.50. The number of amides is 1. The lowest BCUT2D eigenvalue weighted by Gasteiger charge is -2.20. The number of anilines is 2. The molecule has 1 aromatic heterocycles. The first-order valence-corrected chi connectivity index (χ1v) is 12.8. The van der Waals surface area contributed by atoms with E-state index in [-0.39, 0.29) is 55.1 Å². The van der Waals surface area contributed by atoms with Crippen molar-refractivity contribution in [3.8, 4) is 11.5 Å². The Kier molecular flexibility index (Phi) is 11.3. The topological polar surface area (TPSA) is 198 Å². The molecule has 2 aromatic carbocycles. The zero-order chi connectivity index (χ0) is 29.8. The molecule has 1 unspecified atom stereocenters. The molecule has 0 spiro atoms. The Hall–Kier alpha value is -4.88. The van der Waals surface area contributed by atoms with Gasteiger partial charge in [0.05, 0.1) is 25.4 Å². The summed E-state index contributed by atoms with van der Waals surface area (Å²) in [5.41, 5.74) is 7.61. The smallest absolute Gasteiger partial charge is 0.344 e. The fourth-order valence-electron chi connectivity index (χ4n) is 3.76. The van der Waals surface area contributed by atoms with Crippen molar-refractivity contribution in [2.24, 2.45) is 10.9 Å². The molecule has 0 bridgehead atoms. The number of nitrogens with zero attached hydrogens (tertiary/aromatic N) is 2. The van der Waals surface area contributed by atoms with Gasteiger partial charge >= 0.3 is 5.97 Å². The van der Waals surface area contributed by atoms with Crippen molar-refractivity contribution in [1.82, 2.24) is 4.98 Å². The van der Waals surface area contributed by atoms with E-state index in [1.807, 2.05) is 0 Å². The summed E-state index contributed by atoms with van der Waals surface area (Å²) in [5.74, 6) is -0.343. The lowest BCUT2D eigenvalue weighted by atomic mass is 10.0. The number of aromatic nitrogens is 1. The molecule has 3 rings (SSSR count). The van der Waals surface area contributed by atoms with Gasteiger partial charge < -0.3 is 46.0 Å². The van der Waals surface area contributed by atoms with E-state index in [4.69, 9.17) is 25.2 Å². The number of carbonyl (C=O) groups excluding carboxylic acids is 2. The second-order valence-electron chi connectivity index (χ2n) is 8.50. The Labute approximate surface area is 236 Å². The molecular weight excluding hydrogens is 534 g/mol. The van der Waals surface area contributed by atoms with Crippen LogP contribution in [0.4, 0.5) is 11.5 Å². The molecule has 0 aliphatic carbocycles. The lowest BCUT2D eigenvalue weighted by Crippen LogP contribution is -2.18. The van der Waals surface area contributed by atoms with Crippen LogP contribution in [-0.4, -0.2) is 64.5 Å². The van der Waals surface area contributed by atoms with Crippen molar-refractivity contribution in [3.63, 3.8) is 0 Å². The molecule has 0 saturated heterocycles. The largest absolute Gasteiger partial charge is 0.490 e. The Balaban J connectivity index is 1.87. The van der Waals surface area contributed by atoms with E-state index in [2.05, 4.69) is 20.8 Å². The molecule has 1 atom stereocenters. The molecule has 0 saturated carbocycles. The van der Waals surface area contributed by atoms with Gasteiger partial charge in [0.15, 0.2) is 23.9 Å². The summed E-state index contributed by atoms with van der Waals surface area (Å²) in [5, 5.41) is 37.5. The molecule has 13 heteroatoms. The van der Waals surface area contributed by atoms with Crippen molar-refractivity contribution in [1.29, 1.82) is 0 Å². The molecule has 0 aliphatic rings. The monoisotopic (exact) mass is 567 g/mol. The zero-order valence-electron chi connectivity index (χ0n) is 22.7. The third-order valence-electron chi connectivity index (χ3n) is 5.70. The van der Waals surface area contributed by atoms with Crippen LogP contribution in [0.15, 0.2) is 59.9 Å². The number of aliphatic hydroxyl groups is 2. The fraction of sp³-hybridized carbons (Fsp3) is 0.286. The predicted molar refractivity (Wildman–Crippen MR) is 150 cm³/mol. The highest BCUT2D eigenvalue weighted by Gasteiger charge is 2.20. The SMILES string of the molecule is CCOC(=O)COc1c(CNc2ncccc2C(=O)Nc2ccc(/C(N)=N/O)cc2)cc(C(O)CO)cc1OCC. The van der Waals surface area contributed by atoms with Crippen LogP contribution in [0.1, 0.15) is 47.0 Å². The lowest BCUT2D eigenvalue weighted by molar-refractivity contribution is -0.145. The molecule has 1 amide bonds. The maximum Gasteiger partial charge on any atom is 0.344 e. The van der Waals surface area contributed by atoms with Gasteiger partial charge in [-0.05, 0) is 67.9 Å². The Morgan fingerprint density at radius 1 is 1.10 bits per heavy atom. The van der Waals surface area contributed by atoms with E-state index >= 15 is 0 Å². The number of hydrogen-bond donors (Lipinski definition) is 6. The normalized spacial score (nSPS) is 11.9. The number of benzene rings is 2. The van der Waals surface area contributed by atoms with Gasteiger partial charge in [0.2, 0.25) is 0 Å². The molecule has 0 fully saturated rings. The van der Waals surface area contributed by atoms with Gasteiger partial charge in [-0.1, -0.05) is 5.16 Å². The van der Waals surface area contributed by atoms with E-state index in [1.54, 1.807) is 56.3 Å². The van der Waals surface area contributed by atoms with Gasteiger partial charge in [-0.2, -0.15) is 0 Å². The minimum absolute atomic E-state index is 0.0516. The summed E-state index contributed by atoms with van der Waals surface area (Å²) >= 11 is 0.